The minimum absolute atomic E-state index is 0.326. The molecule has 5 heterocycles. The van der Waals surface area contributed by atoms with Crippen LogP contribution in [0.2, 0.25) is 0 Å². The number of aromatic nitrogens is 6. The van der Waals surface area contributed by atoms with Crippen LogP contribution in [0.5, 0.6) is 6.01 Å². The van der Waals surface area contributed by atoms with E-state index >= 15 is 0 Å². The zero-order valence-corrected chi connectivity index (χ0v) is 22.9. The van der Waals surface area contributed by atoms with Crippen molar-refractivity contribution in [2.45, 2.75) is 32.3 Å². The van der Waals surface area contributed by atoms with E-state index in [1.54, 1.807) is 29.2 Å². The maximum atomic E-state index is 10.3. The van der Waals surface area contributed by atoms with Gasteiger partial charge in [-0.2, -0.15) is 15.3 Å². The molecule has 1 aromatic carbocycles. The predicted octanol–water partition coefficient (Wildman–Crippen LogP) is 4.08. The second-order valence-electron chi connectivity index (χ2n) is 11.2. The summed E-state index contributed by atoms with van der Waals surface area (Å²) in [5.41, 5.74) is 4.60. The van der Waals surface area contributed by atoms with Crippen molar-refractivity contribution in [3.63, 3.8) is 0 Å². The number of piperidine rings is 1. The lowest BCUT2D eigenvalue weighted by Gasteiger charge is -2.35. The molecule has 0 saturated carbocycles. The molecule has 1 aliphatic rings. The molecular weight excluding hydrogens is 504 g/mol. The van der Waals surface area contributed by atoms with Gasteiger partial charge in [0.15, 0.2) is 11.3 Å². The molecular formula is C30H32N8O2. The molecule has 0 radical (unpaired) electrons. The van der Waals surface area contributed by atoms with Crippen LogP contribution in [-0.4, -0.2) is 71.0 Å². The Morgan fingerprint density at radius 3 is 2.73 bits per heavy atom. The number of pyridine rings is 1. The Labute approximate surface area is 232 Å². The van der Waals surface area contributed by atoms with Crippen molar-refractivity contribution in [2.75, 3.05) is 26.2 Å². The molecule has 0 unspecified atom stereocenters. The molecule has 1 aliphatic heterocycles. The molecule has 0 bridgehead atoms. The number of benzene rings is 1. The van der Waals surface area contributed by atoms with Crippen LogP contribution in [0.25, 0.3) is 39.1 Å². The van der Waals surface area contributed by atoms with Gasteiger partial charge in [0.1, 0.15) is 0 Å². The molecule has 0 spiro atoms. The zero-order valence-electron chi connectivity index (χ0n) is 22.9. The summed E-state index contributed by atoms with van der Waals surface area (Å²) in [6.07, 6.45) is 9.36. The average molecular weight is 537 g/mol. The van der Waals surface area contributed by atoms with E-state index in [-0.39, 0.29) is 0 Å². The number of likely N-dealkylation sites (tertiary alicyclic amines) is 1. The summed E-state index contributed by atoms with van der Waals surface area (Å²) in [5, 5.41) is 24.9. The highest BCUT2D eigenvalue weighted by Crippen LogP contribution is 2.37. The van der Waals surface area contributed by atoms with Crippen LogP contribution in [0.1, 0.15) is 32.3 Å². The monoisotopic (exact) mass is 536 g/mol. The molecule has 0 amide bonds. The number of imidazole rings is 1. The number of rotatable bonds is 7. The number of nitriles is 1. The fraction of sp³-hybridized carbons (Fsp3) is 0.367. The summed E-state index contributed by atoms with van der Waals surface area (Å²) < 4.78 is 10.0. The topological polar surface area (TPSA) is 117 Å². The van der Waals surface area contributed by atoms with Crippen LogP contribution in [0, 0.1) is 17.2 Å². The molecule has 5 aromatic rings. The van der Waals surface area contributed by atoms with Gasteiger partial charge < -0.3 is 14.7 Å². The van der Waals surface area contributed by atoms with Gasteiger partial charge in [-0.05, 0) is 51.4 Å². The van der Waals surface area contributed by atoms with E-state index in [1.807, 2.05) is 55.9 Å². The Bertz CT molecular complexity index is 1710. The van der Waals surface area contributed by atoms with Gasteiger partial charge in [0.2, 0.25) is 0 Å². The van der Waals surface area contributed by atoms with Crippen LogP contribution in [-0.2, 0) is 7.05 Å². The van der Waals surface area contributed by atoms with E-state index in [1.165, 1.54) is 0 Å². The van der Waals surface area contributed by atoms with E-state index in [9.17, 15) is 10.4 Å². The van der Waals surface area contributed by atoms with Gasteiger partial charge in [-0.15, -0.1) is 0 Å². The van der Waals surface area contributed by atoms with Crippen molar-refractivity contribution in [3.05, 3.63) is 60.7 Å². The van der Waals surface area contributed by atoms with Crippen LogP contribution in [0.3, 0.4) is 0 Å². The second kappa shape index (κ2) is 10.3. The third-order valence-electron chi connectivity index (χ3n) is 7.32. The number of β-amino-alcohol motifs (C(OH)–C–C–N with tert-alkyl or cyclic N) is 1. The van der Waals surface area contributed by atoms with E-state index in [0.717, 1.165) is 53.7 Å². The summed E-state index contributed by atoms with van der Waals surface area (Å²) in [6, 6.07) is 12.1. The maximum absolute atomic E-state index is 10.3. The molecule has 1 N–H and O–H groups in total. The Kier molecular flexibility index (Phi) is 6.70. The van der Waals surface area contributed by atoms with Crippen LogP contribution < -0.4 is 4.74 Å². The van der Waals surface area contributed by atoms with E-state index in [2.05, 4.69) is 21.1 Å². The fourth-order valence-electron chi connectivity index (χ4n) is 5.58. The molecule has 10 heteroatoms. The molecule has 1 saturated heterocycles. The first-order valence-corrected chi connectivity index (χ1v) is 13.5. The smallest absolute Gasteiger partial charge is 0.302 e. The first-order valence-electron chi connectivity index (χ1n) is 13.5. The third-order valence-corrected chi connectivity index (χ3v) is 7.32. The lowest BCUT2D eigenvalue weighted by molar-refractivity contribution is 0.0162. The molecule has 40 heavy (non-hydrogen) atoms. The first-order chi connectivity index (χ1) is 19.3. The second-order valence-corrected chi connectivity index (χ2v) is 11.2. The Hall–Kier alpha value is -4.33. The highest BCUT2D eigenvalue weighted by atomic mass is 16.5. The van der Waals surface area contributed by atoms with Crippen LogP contribution in [0.15, 0.2) is 55.1 Å². The summed E-state index contributed by atoms with van der Waals surface area (Å²) >= 11 is 0. The number of fused-ring (bicyclic) bond motifs is 2. The Morgan fingerprint density at radius 1 is 1.12 bits per heavy atom. The number of ether oxygens (including phenoxy) is 1. The predicted molar refractivity (Wildman–Crippen MR) is 152 cm³/mol. The quantitative estimate of drug-likeness (QED) is 0.331. The van der Waals surface area contributed by atoms with E-state index < -0.39 is 5.60 Å². The lowest BCUT2D eigenvalue weighted by Crippen LogP contribution is -2.45. The average Bonchev–Trinajstić information content (AvgIpc) is 3.57. The van der Waals surface area contributed by atoms with E-state index in [4.69, 9.17) is 14.7 Å². The van der Waals surface area contributed by atoms with Crippen molar-refractivity contribution in [1.29, 1.82) is 5.26 Å². The lowest BCUT2D eigenvalue weighted by atomic mass is 9.97. The van der Waals surface area contributed by atoms with Gasteiger partial charge in [-0.3, -0.25) is 9.08 Å². The molecule has 6 rings (SSSR count). The summed E-state index contributed by atoms with van der Waals surface area (Å²) in [7, 11) is 1.87. The first kappa shape index (κ1) is 25.9. The van der Waals surface area contributed by atoms with Gasteiger partial charge in [-0.1, -0.05) is 12.1 Å². The Morgan fingerprint density at radius 2 is 1.95 bits per heavy atom. The number of aliphatic hydroxyl groups is 1. The number of aryl methyl sites for hydroxylation is 1. The van der Waals surface area contributed by atoms with Gasteiger partial charge in [-0.25, -0.2) is 9.97 Å². The van der Waals surface area contributed by atoms with Crippen molar-refractivity contribution >= 4 is 16.7 Å². The molecule has 10 nitrogen and oxygen atoms in total. The molecule has 4 aromatic heterocycles. The molecule has 1 atom stereocenters. The largest absolute Gasteiger partial charge is 0.464 e. The summed E-state index contributed by atoms with van der Waals surface area (Å²) in [6.45, 7) is 6.70. The van der Waals surface area contributed by atoms with Crippen molar-refractivity contribution < 1.29 is 9.84 Å². The zero-order chi connectivity index (χ0) is 27.9. The van der Waals surface area contributed by atoms with Gasteiger partial charge in [0, 0.05) is 61.2 Å². The minimum atomic E-state index is -0.729. The molecule has 1 fully saturated rings. The standard InChI is InChI=1S/C30H32N8O2/c1-30(2,39)19-37-11-4-5-21(17-37)18-40-29-35-26(22-8-6-20(14-31)7-9-22)25(28-32-10-12-38(28)29)23-13-24-16-34-36(3)27(24)33-15-23/h6-10,12-13,15-16,21,39H,4-5,11,17-19H2,1-3H3/t21-/m1/s1. The maximum Gasteiger partial charge on any atom is 0.302 e. The number of hydrogen-bond acceptors (Lipinski definition) is 8. The Balaban J connectivity index is 1.40. The van der Waals surface area contributed by atoms with Crippen molar-refractivity contribution in [2.24, 2.45) is 13.0 Å². The van der Waals surface area contributed by atoms with E-state index in [0.29, 0.717) is 42.0 Å². The number of nitrogens with zero attached hydrogens (tertiary/aromatic N) is 8. The third kappa shape index (κ3) is 5.13. The summed E-state index contributed by atoms with van der Waals surface area (Å²) in [5.74, 6) is 0.326. The van der Waals surface area contributed by atoms with Crippen LogP contribution >= 0.6 is 0 Å². The molecule has 0 aliphatic carbocycles. The fourth-order valence-corrected chi connectivity index (χ4v) is 5.58. The molecule has 204 valence electrons. The van der Waals surface area contributed by atoms with Crippen molar-refractivity contribution in [3.8, 4) is 34.5 Å². The van der Waals surface area contributed by atoms with Gasteiger partial charge in [0.25, 0.3) is 0 Å². The SMILES string of the molecule is Cn1ncc2cc(-c3c(-c4ccc(C#N)cc4)nc(OC[C@@H]4CCCN(CC(C)(C)O)C4)n4ccnc34)cnc21. The highest BCUT2D eigenvalue weighted by molar-refractivity contribution is 5.93. The van der Waals surface area contributed by atoms with Gasteiger partial charge >= 0.3 is 6.01 Å². The van der Waals surface area contributed by atoms with Crippen molar-refractivity contribution in [1.82, 2.24) is 34.0 Å². The van der Waals surface area contributed by atoms with Gasteiger partial charge in [0.05, 0.1) is 41.3 Å². The summed E-state index contributed by atoms with van der Waals surface area (Å²) in [4.78, 5) is 16.7. The highest BCUT2D eigenvalue weighted by Gasteiger charge is 2.26. The normalized spacial score (nSPS) is 16.4. The minimum Gasteiger partial charge on any atom is -0.464 e. The number of hydrogen-bond donors (Lipinski definition) is 1. The van der Waals surface area contributed by atoms with Crippen LogP contribution in [0.4, 0.5) is 0 Å².